The van der Waals surface area contributed by atoms with Gasteiger partial charge in [0.25, 0.3) is 0 Å². The first-order valence-corrected chi connectivity index (χ1v) is 14.2. The fraction of sp³-hybridized carbons (Fsp3) is 0.621. The van der Waals surface area contributed by atoms with Crippen LogP contribution in [-0.2, 0) is 35.1 Å². The molecule has 0 bridgehead atoms. The van der Waals surface area contributed by atoms with Gasteiger partial charge in [-0.2, -0.15) is 0 Å². The van der Waals surface area contributed by atoms with Crippen molar-refractivity contribution in [3.05, 3.63) is 29.8 Å². The van der Waals surface area contributed by atoms with E-state index >= 15 is 0 Å². The Morgan fingerprint density at radius 1 is 1.00 bits per heavy atom. The molecule has 0 radical (unpaired) electrons. The number of hydrogen-bond acceptors (Lipinski definition) is 7. The standard InChI is InChI=1S/C29H40N4O7/c1-17(31-28(37)20-9-12-25(34)30-15-20)27(36)33-23(14-19-7-10-21(39-2)11-8-19)29(38)32-22(26(35)24-16-40-24)13-18-5-3-4-6-18/h7-8,10-11,17-18,20,22-24H,3-6,9,12-16H2,1-2H3,(H,30,34)(H,31,37)(H,32,38)(H,33,36). The zero-order valence-electron chi connectivity index (χ0n) is 23.2. The average molecular weight is 557 g/mol. The average Bonchev–Trinajstić information content (AvgIpc) is 3.68. The molecule has 3 aliphatic rings. The molecule has 5 unspecified atom stereocenters. The summed E-state index contributed by atoms with van der Waals surface area (Å²) < 4.78 is 10.4. The third-order valence-corrected chi connectivity index (χ3v) is 7.97. The molecule has 4 amide bonds. The lowest BCUT2D eigenvalue weighted by atomic mass is 9.94. The van der Waals surface area contributed by atoms with Gasteiger partial charge in [-0.3, -0.25) is 24.0 Å². The number of carbonyl (C=O) groups is 5. The number of ether oxygens (including phenoxy) is 2. The fourth-order valence-electron chi connectivity index (χ4n) is 5.39. The van der Waals surface area contributed by atoms with Crippen molar-refractivity contribution in [3.63, 3.8) is 0 Å². The molecule has 1 aromatic carbocycles. The Morgan fingerprint density at radius 3 is 2.27 bits per heavy atom. The minimum Gasteiger partial charge on any atom is -0.497 e. The van der Waals surface area contributed by atoms with Crippen LogP contribution in [0.4, 0.5) is 0 Å². The third kappa shape index (κ3) is 8.27. The van der Waals surface area contributed by atoms with Crippen LogP contribution in [0.1, 0.15) is 57.4 Å². The molecule has 3 fully saturated rings. The van der Waals surface area contributed by atoms with Crippen molar-refractivity contribution >= 4 is 29.4 Å². The fourth-order valence-corrected chi connectivity index (χ4v) is 5.39. The maximum atomic E-state index is 13.6. The SMILES string of the molecule is COc1ccc(CC(NC(=O)C(C)NC(=O)C2CCC(=O)NC2)C(=O)NC(CC2CCCC2)C(=O)C2CO2)cc1. The maximum absolute atomic E-state index is 13.6. The number of rotatable bonds is 13. The van der Waals surface area contributed by atoms with Gasteiger partial charge in [-0.05, 0) is 43.4 Å². The van der Waals surface area contributed by atoms with Crippen LogP contribution < -0.4 is 26.0 Å². The van der Waals surface area contributed by atoms with Gasteiger partial charge in [-0.1, -0.05) is 37.8 Å². The summed E-state index contributed by atoms with van der Waals surface area (Å²) in [6, 6.07) is 4.60. The van der Waals surface area contributed by atoms with E-state index in [1.165, 1.54) is 0 Å². The summed E-state index contributed by atoms with van der Waals surface area (Å²) in [7, 11) is 1.56. The van der Waals surface area contributed by atoms with E-state index in [2.05, 4.69) is 21.3 Å². The van der Waals surface area contributed by atoms with Crippen LogP contribution in [-0.4, -0.2) is 73.9 Å². The molecule has 1 saturated carbocycles. The van der Waals surface area contributed by atoms with Crippen LogP contribution in [0.3, 0.4) is 0 Å². The van der Waals surface area contributed by atoms with Gasteiger partial charge < -0.3 is 30.7 Å². The first kappa shape index (κ1) is 29.5. The highest BCUT2D eigenvalue weighted by Crippen LogP contribution is 2.30. The Kier molecular flexibility index (Phi) is 10.1. The van der Waals surface area contributed by atoms with Crippen molar-refractivity contribution in [1.29, 1.82) is 0 Å². The van der Waals surface area contributed by atoms with Gasteiger partial charge in [0.1, 0.15) is 23.9 Å². The molecule has 5 atom stereocenters. The van der Waals surface area contributed by atoms with E-state index in [-0.39, 0.29) is 37.0 Å². The summed E-state index contributed by atoms with van der Waals surface area (Å²) in [4.78, 5) is 63.8. The molecule has 4 rings (SSSR count). The second kappa shape index (κ2) is 13.7. The van der Waals surface area contributed by atoms with Crippen LogP contribution in [0.25, 0.3) is 0 Å². The number of methoxy groups -OCH3 is 1. The summed E-state index contributed by atoms with van der Waals surface area (Å²) in [6.07, 6.45) is 5.21. The van der Waals surface area contributed by atoms with Crippen LogP contribution in [0.5, 0.6) is 5.75 Å². The molecule has 0 spiro atoms. The zero-order valence-corrected chi connectivity index (χ0v) is 23.2. The van der Waals surface area contributed by atoms with Crippen molar-refractivity contribution in [2.45, 2.75) is 82.5 Å². The van der Waals surface area contributed by atoms with E-state index in [1.54, 1.807) is 26.2 Å². The van der Waals surface area contributed by atoms with E-state index < -0.39 is 42.0 Å². The first-order valence-electron chi connectivity index (χ1n) is 14.2. The lowest BCUT2D eigenvalue weighted by Gasteiger charge is -2.26. The number of amides is 4. The highest BCUT2D eigenvalue weighted by Gasteiger charge is 2.39. The predicted molar refractivity (Wildman–Crippen MR) is 145 cm³/mol. The van der Waals surface area contributed by atoms with Crippen molar-refractivity contribution in [2.75, 3.05) is 20.3 Å². The number of carbonyl (C=O) groups excluding carboxylic acids is 5. The number of ketones is 1. The number of hydrogen-bond donors (Lipinski definition) is 4. The number of nitrogens with one attached hydrogen (secondary N) is 4. The molecule has 11 nitrogen and oxygen atoms in total. The van der Waals surface area contributed by atoms with Gasteiger partial charge in [-0.15, -0.1) is 0 Å². The summed E-state index contributed by atoms with van der Waals surface area (Å²) in [5, 5.41) is 11.1. The molecule has 1 aliphatic carbocycles. The molecule has 2 aliphatic heterocycles. The van der Waals surface area contributed by atoms with Gasteiger partial charge in [0.15, 0.2) is 5.78 Å². The van der Waals surface area contributed by atoms with E-state index in [1.807, 2.05) is 12.1 Å². The monoisotopic (exact) mass is 556 g/mol. The Morgan fingerprint density at radius 2 is 1.68 bits per heavy atom. The molecule has 0 aromatic heterocycles. The van der Waals surface area contributed by atoms with Gasteiger partial charge in [0.2, 0.25) is 23.6 Å². The Hall–Kier alpha value is -3.47. The van der Waals surface area contributed by atoms with Crippen molar-refractivity contribution < 1.29 is 33.4 Å². The van der Waals surface area contributed by atoms with E-state index in [4.69, 9.17) is 9.47 Å². The molecule has 2 heterocycles. The lowest BCUT2D eigenvalue weighted by molar-refractivity contribution is -0.134. The summed E-state index contributed by atoms with van der Waals surface area (Å²) in [5.74, 6) is -0.933. The van der Waals surface area contributed by atoms with E-state index in [0.29, 0.717) is 31.1 Å². The molecule has 40 heavy (non-hydrogen) atoms. The van der Waals surface area contributed by atoms with Crippen LogP contribution in [0.15, 0.2) is 24.3 Å². The van der Waals surface area contributed by atoms with Crippen LogP contribution in [0.2, 0.25) is 0 Å². The molecule has 2 saturated heterocycles. The molecule has 4 N–H and O–H groups in total. The quantitative estimate of drug-likeness (QED) is 0.262. The smallest absolute Gasteiger partial charge is 0.243 e. The van der Waals surface area contributed by atoms with Crippen molar-refractivity contribution in [2.24, 2.45) is 11.8 Å². The minimum absolute atomic E-state index is 0.0970. The summed E-state index contributed by atoms with van der Waals surface area (Å²) in [5.41, 5.74) is 0.792. The molecule has 218 valence electrons. The Labute approximate surface area is 234 Å². The zero-order chi connectivity index (χ0) is 28.6. The van der Waals surface area contributed by atoms with Crippen LogP contribution in [0, 0.1) is 11.8 Å². The molecule has 1 aromatic rings. The Bertz CT molecular complexity index is 1070. The lowest BCUT2D eigenvalue weighted by Crippen LogP contribution is -2.57. The highest BCUT2D eigenvalue weighted by molar-refractivity contribution is 5.96. The van der Waals surface area contributed by atoms with Gasteiger partial charge in [-0.25, -0.2) is 0 Å². The normalized spacial score (nSPS) is 22.8. The van der Waals surface area contributed by atoms with Gasteiger partial charge in [0, 0.05) is 19.4 Å². The second-order valence-electron chi connectivity index (χ2n) is 11.1. The predicted octanol–water partition coefficient (Wildman–Crippen LogP) is 0.786. The Balaban J connectivity index is 1.43. The largest absolute Gasteiger partial charge is 0.497 e. The minimum atomic E-state index is -0.979. The number of piperidine rings is 1. The van der Waals surface area contributed by atoms with Gasteiger partial charge in [0.05, 0.1) is 25.7 Å². The number of epoxide rings is 1. The third-order valence-electron chi connectivity index (χ3n) is 7.97. The van der Waals surface area contributed by atoms with E-state index in [9.17, 15) is 24.0 Å². The summed E-state index contributed by atoms with van der Waals surface area (Å²) >= 11 is 0. The number of benzene rings is 1. The van der Waals surface area contributed by atoms with Gasteiger partial charge >= 0.3 is 0 Å². The molecular weight excluding hydrogens is 516 g/mol. The second-order valence-corrected chi connectivity index (χ2v) is 11.1. The summed E-state index contributed by atoms with van der Waals surface area (Å²) in [6.45, 7) is 2.14. The van der Waals surface area contributed by atoms with Crippen molar-refractivity contribution in [1.82, 2.24) is 21.3 Å². The van der Waals surface area contributed by atoms with Crippen molar-refractivity contribution in [3.8, 4) is 5.75 Å². The topological polar surface area (TPSA) is 155 Å². The highest BCUT2D eigenvalue weighted by atomic mass is 16.6. The molecule has 11 heteroatoms. The van der Waals surface area contributed by atoms with Crippen LogP contribution >= 0.6 is 0 Å². The molecular formula is C29H40N4O7. The maximum Gasteiger partial charge on any atom is 0.243 e. The van der Waals surface area contributed by atoms with E-state index in [0.717, 1.165) is 31.2 Å². The first-order chi connectivity index (χ1) is 19.2. The number of Topliss-reactive ketones (excluding diaryl/α,β-unsaturated/α-hetero) is 1.